The Morgan fingerprint density at radius 2 is 2.00 bits per heavy atom. The second-order valence-corrected chi connectivity index (χ2v) is 5.47. The smallest absolute Gasteiger partial charge is 0.158 e. The molecular formula is C15H20N4. The van der Waals surface area contributed by atoms with Crippen molar-refractivity contribution in [2.75, 3.05) is 5.73 Å². The number of hydrogen-bond acceptors (Lipinski definition) is 3. The van der Waals surface area contributed by atoms with Crippen molar-refractivity contribution in [1.29, 1.82) is 0 Å². The van der Waals surface area contributed by atoms with Crippen molar-refractivity contribution in [3.63, 3.8) is 0 Å². The van der Waals surface area contributed by atoms with E-state index < -0.39 is 0 Å². The van der Waals surface area contributed by atoms with Gasteiger partial charge in [-0.25, -0.2) is 9.67 Å². The number of anilines is 1. The first-order valence-corrected chi connectivity index (χ1v) is 6.92. The average Bonchev–Trinajstić information content (AvgIpc) is 3.01. The molecule has 0 bridgehead atoms. The molecule has 0 amide bonds. The number of nitrogens with two attached hydrogens (primary N) is 1. The molecule has 2 aromatic rings. The zero-order valence-electron chi connectivity index (χ0n) is 11.6. The summed E-state index contributed by atoms with van der Waals surface area (Å²) < 4.78 is 1.89. The Hall–Kier alpha value is -1.84. The van der Waals surface area contributed by atoms with E-state index in [9.17, 15) is 0 Å². The summed E-state index contributed by atoms with van der Waals surface area (Å²) in [6.45, 7) is 2.02. The maximum Gasteiger partial charge on any atom is 0.158 e. The number of hydrogen-bond donors (Lipinski definition) is 1. The number of nitrogens with zero attached hydrogens (tertiary/aromatic N) is 3. The fraction of sp³-hybridized carbons (Fsp3) is 0.467. The van der Waals surface area contributed by atoms with Gasteiger partial charge in [-0.15, -0.1) is 0 Å². The minimum absolute atomic E-state index is 0.551. The van der Waals surface area contributed by atoms with E-state index in [2.05, 4.69) is 11.2 Å². The SMILES string of the molecule is Cc1cc(-c2nc(C3CCCC3)nn2C)ccc1N. The molecule has 1 aromatic heterocycles. The standard InChI is InChI=1S/C15H20N4/c1-10-9-12(7-8-13(10)16)15-17-14(18-19(15)2)11-5-3-4-6-11/h7-9,11H,3-6,16H2,1-2H3. The first-order chi connectivity index (χ1) is 9.15. The molecule has 4 heteroatoms. The van der Waals surface area contributed by atoms with Crippen LogP contribution in [-0.4, -0.2) is 14.8 Å². The summed E-state index contributed by atoms with van der Waals surface area (Å²) in [4.78, 5) is 4.74. The third-order valence-electron chi connectivity index (χ3n) is 4.03. The summed E-state index contributed by atoms with van der Waals surface area (Å²) in [5, 5.41) is 4.60. The fourth-order valence-electron chi connectivity index (χ4n) is 2.83. The van der Waals surface area contributed by atoms with Gasteiger partial charge < -0.3 is 5.73 Å². The normalized spacial score (nSPS) is 16.1. The van der Waals surface area contributed by atoms with Crippen LogP contribution in [0.1, 0.15) is 43.0 Å². The molecule has 1 aromatic carbocycles. The average molecular weight is 256 g/mol. The Labute approximate surface area is 113 Å². The summed E-state index contributed by atoms with van der Waals surface area (Å²) in [7, 11) is 1.96. The van der Waals surface area contributed by atoms with E-state index in [0.717, 1.165) is 28.5 Å². The van der Waals surface area contributed by atoms with E-state index in [1.165, 1.54) is 25.7 Å². The van der Waals surface area contributed by atoms with Crippen LogP contribution in [0.2, 0.25) is 0 Å². The van der Waals surface area contributed by atoms with E-state index in [-0.39, 0.29) is 0 Å². The van der Waals surface area contributed by atoms with Gasteiger partial charge in [-0.3, -0.25) is 0 Å². The Bertz CT molecular complexity index is 594. The molecule has 0 unspecified atom stereocenters. The van der Waals surface area contributed by atoms with Gasteiger partial charge >= 0.3 is 0 Å². The van der Waals surface area contributed by atoms with Crippen molar-refractivity contribution < 1.29 is 0 Å². The van der Waals surface area contributed by atoms with Gasteiger partial charge in [-0.05, 0) is 43.5 Å². The second kappa shape index (κ2) is 4.68. The first kappa shape index (κ1) is 12.2. The zero-order chi connectivity index (χ0) is 13.4. The molecule has 3 rings (SSSR count). The summed E-state index contributed by atoms with van der Waals surface area (Å²) >= 11 is 0. The predicted molar refractivity (Wildman–Crippen MR) is 76.8 cm³/mol. The van der Waals surface area contributed by atoms with Crippen molar-refractivity contribution in [1.82, 2.24) is 14.8 Å². The Balaban J connectivity index is 1.97. The highest BCUT2D eigenvalue weighted by Gasteiger charge is 2.22. The highest BCUT2D eigenvalue weighted by molar-refractivity contribution is 5.62. The van der Waals surface area contributed by atoms with Gasteiger partial charge in [0.2, 0.25) is 0 Å². The van der Waals surface area contributed by atoms with Crippen LogP contribution in [0, 0.1) is 6.92 Å². The molecule has 0 aliphatic heterocycles. The van der Waals surface area contributed by atoms with Gasteiger partial charge in [0, 0.05) is 24.2 Å². The molecular weight excluding hydrogens is 236 g/mol. The Morgan fingerprint density at radius 1 is 1.26 bits per heavy atom. The van der Waals surface area contributed by atoms with E-state index in [1.807, 2.05) is 30.8 Å². The van der Waals surface area contributed by atoms with Gasteiger partial charge in [-0.2, -0.15) is 5.10 Å². The van der Waals surface area contributed by atoms with Crippen molar-refractivity contribution in [3.05, 3.63) is 29.6 Å². The fourth-order valence-corrected chi connectivity index (χ4v) is 2.83. The molecule has 1 saturated carbocycles. The maximum atomic E-state index is 5.87. The summed E-state index contributed by atoms with van der Waals surface area (Å²) in [6.07, 6.45) is 5.06. The van der Waals surface area contributed by atoms with Gasteiger partial charge in [0.15, 0.2) is 11.6 Å². The number of nitrogen functional groups attached to an aromatic ring is 1. The highest BCUT2D eigenvalue weighted by atomic mass is 15.3. The van der Waals surface area contributed by atoms with Crippen LogP contribution in [0.25, 0.3) is 11.4 Å². The molecule has 100 valence electrons. The topological polar surface area (TPSA) is 56.7 Å². The molecule has 2 N–H and O–H groups in total. The third-order valence-corrected chi connectivity index (χ3v) is 4.03. The first-order valence-electron chi connectivity index (χ1n) is 6.92. The third kappa shape index (κ3) is 2.23. The van der Waals surface area contributed by atoms with E-state index in [1.54, 1.807) is 0 Å². The quantitative estimate of drug-likeness (QED) is 0.840. The van der Waals surface area contributed by atoms with Crippen LogP contribution in [0.4, 0.5) is 5.69 Å². The van der Waals surface area contributed by atoms with Crippen LogP contribution in [0.15, 0.2) is 18.2 Å². The lowest BCUT2D eigenvalue weighted by Crippen LogP contribution is -1.97. The zero-order valence-corrected chi connectivity index (χ0v) is 11.6. The van der Waals surface area contributed by atoms with Gasteiger partial charge in [0.1, 0.15) is 0 Å². The van der Waals surface area contributed by atoms with Gasteiger partial charge in [0.25, 0.3) is 0 Å². The van der Waals surface area contributed by atoms with E-state index in [0.29, 0.717) is 5.92 Å². The van der Waals surface area contributed by atoms with E-state index >= 15 is 0 Å². The minimum Gasteiger partial charge on any atom is -0.399 e. The molecule has 0 spiro atoms. The monoisotopic (exact) mass is 256 g/mol. The molecule has 19 heavy (non-hydrogen) atoms. The van der Waals surface area contributed by atoms with Crippen LogP contribution in [0.3, 0.4) is 0 Å². The molecule has 0 saturated heterocycles. The number of aryl methyl sites for hydroxylation is 2. The lowest BCUT2D eigenvalue weighted by Gasteiger charge is -2.04. The molecule has 1 fully saturated rings. The van der Waals surface area contributed by atoms with Crippen molar-refractivity contribution in [3.8, 4) is 11.4 Å². The second-order valence-electron chi connectivity index (χ2n) is 5.47. The molecule has 0 atom stereocenters. The minimum atomic E-state index is 0.551. The Morgan fingerprint density at radius 3 is 2.68 bits per heavy atom. The molecule has 1 aliphatic carbocycles. The number of benzene rings is 1. The molecule has 0 radical (unpaired) electrons. The lowest BCUT2D eigenvalue weighted by atomic mass is 10.1. The summed E-state index contributed by atoms with van der Waals surface area (Å²) in [5.74, 6) is 2.49. The van der Waals surface area contributed by atoms with Crippen LogP contribution in [0.5, 0.6) is 0 Å². The molecule has 4 nitrogen and oxygen atoms in total. The van der Waals surface area contributed by atoms with Crippen molar-refractivity contribution in [2.24, 2.45) is 7.05 Å². The Kier molecular flexibility index (Phi) is 3.01. The molecule has 1 heterocycles. The van der Waals surface area contributed by atoms with Crippen LogP contribution >= 0.6 is 0 Å². The summed E-state index contributed by atoms with van der Waals surface area (Å²) in [6, 6.07) is 6.04. The van der Waals surface area contributed by atoms with Crippen molar-refractivity contribution >= 4 is 5.69 Å². The summed E-state index contributed by atoms with van der Waals surface area (Å²) in [5.41, 5.74) is 8.86. The van der Waals surface area contributed by atoms with Gasteiger partial charge in [0.05, 0.1) is 0 Å². The predicted octanol–water partition coefficient (Wildman–Crippen LogP) is 3.03. The van der Waals surface area contributed by atoms with Gasteiger partial charge in [-0.1, -0.05) is 12.8 Å². The van der Waals surface area contributed by atoms with Crippen molar-refractivity contribution in [2.45, 2.75) is 38.5 Å². The van der Waals surface area contributed by atoms with Crippen LogP contribution < -0.4 is 5.73 Å². The van der Waals surface area contributed by atoms with E-state index in [4.69, 9.17) is 10.7 Å². The lowest BCUT2D eigenvalue weighted by molar-refractivity contribution is 0.648. The highest BCUT2D eigenvalue weighted by Crippen LogP contribution is 2.33. The number of aromatic nitrogens is 3. The maximum absolute atomic E-state index is 5.87. The van der Waals surface area contributed by atoms with Crippen LogP contribution in [-0.2, 0) is 7.05 Å². The number of rotatable bonds is 2. The molecule has 1 aliphatic rings. The largest absolute Gasteiger partial charge is 0.399 e.